The van der Waals surface area contributed by atoms with Gasteiger partial charge in [-0.25, -0.2) is 9.78 Å². The SMILES string of the molecule is CCCC(C)CSc1ccnc(C(=O)O)c1. The largest absolute Gasteiger partial charge is 0.477 e. The number of carbonyl (C=O) groups is 1. The standard InChI is InChI=1S/C12H17NO2S/c1-3-4-9(2)8-16-10-5-6-13-11(7-10)12(14)15/h5-7,9H,3-4,8H2,1-2H3,(H,14,15). The van der Waals surface area contributed by atoms with Gasteiger partial charge in [0.25, 0.3) is 0 Å². The maximum Gasteiger partial charge on any atom is 0.354 e. The molecular weight excluding hydrogens is 222 g/mol. The highest BCUT2D eigenvalue weighted by atomic mass is 32.2. The third-order valence-corrected chi connectivity index (χ3v) is 3.59. The fourth-order valence-electron chi connectivity index (χ4n) is 1.43. The van der Waals surface area contributed by atoms with E-state index >= 15 is 0 Å². The maximum absolute atomic E-state index is 10.7. The van der Waals surface area contributed by atoms with Crippen molar-refractivity contribution in [1.82, 2.24) is 4.98 Å². The Labute approximate surface area is 100 Å². The van der Waals surface area contributed by atoms with Gasteiger partial charge in [-0.05, 0) is 18.1 Å². The molecule has 4 heteroatoms. The second-order valence-corrected chi connectivity index (χ2v) is 4.98. The van der Waals surface area contributed by atoms with E-state index in [2.05, 4.69) is 18.8 Å². The van der Waals surface area contributed by atoms with Crippen molar-refractivity contribution >= 4 is 17.7 Å². The van der Waals surface area contributed by atoms with Crippen LogP contribution in [-0.4, -0.2) is 21.8 Å². The van der Waals surface area contributed by atoms with Gasteiger partial charge in [0.15, 0.2) is 0 Å². The lowest BCUT2D eigenvalue weighted by atomic mass is 10.1. The van der Waals surface area contributed by atoms with Gasteiger partial charge < -0.3 is 5.11 Å². The second-order valence-electron chi connectivity index (χ2n) is 3.89. The summed E-state index contributed by atoms with van der Waals surface area (Å²) in [7, 11) is 0. The van der Waals surface area contributed by atoms with Crippen molar-refractivity contribution < 1.29 is 9.90 Å². The zero-order chi connectivity index (χ0) is 12.0. The molecule has 0 amide bonds. The molecule has 0 spiro atoms. The van der Waals surface area contributed by atoms with Crippen molar-refractivity contribution in [3.8, 4) is 0 Å². The van der Waals surface area contributed by atoms with E-state index in [-0.39, 0.29) is 5.69 Å². The molecule has 3 nitrogen and oxygen atoms in total. The molecule has 1 aromatic heterocycles. The molecule has 0 aliphatic rings. The van der Waals surface area contributed by atoms with E-state index in [4.69, 9.17) is 5.11 Å². The topological polar surface area (TPSA) is 50.2 Å². The van der Waals surface area contributed by atoms with Gasteiger partial charge in [0.1, 0.15) is 5.69 Å². The van der Waals surface area contributed by atoms with Crippen LogP contribution in [0.1, 0.15) is 37.2 Å². The lowest BCUT2D eigenvalue weighted by Crippen LogP contribution is -2.00. The lowest BCUT2D eigenvalue weighted by molar-refractivity contribution is 0.0690. The number of carboxylic acids is 1. The molecule has 0 fully saturated rings. The first kappa shape index (κ1) is 13.0. The fraction of sp³-hybridized carbons (Fsp3) is 0.500. The molecule has 16 heavy (non-hydrogen) atoms. The molecule has 1 heterocycles. The number of aromatic nitrogens is 1. The second kappa shape index (κ2) is 6.53. The first-order valence-electron chi connectivity index (χ1n) is 5.45. The van der Waals surface area contributed by atoms with E-state index in [0.717, 1.165) is 10.6 Å². The average Bonchev–Trinajstić information content (AvgIpc) is 2.27. The summed E-state index contributed by atoms with van der Waals surface area (Å²) in [6.45, 7) is 4.39. The van der Waals surface area contributed by atoms with Gasteiger partial charge in [-0.3, -0.25) is 0 Å². The Balaban J connectivity index is 2.54. The van der Waals surface area contributed by atoms with Crippen molar-refractivity contribution in [1.29, 1.82) is 0 Å². The molecule has 0 aliphatic heterocycles. The van der Waals surface area contributed by atoms with Crippen molar-refractivity contribution in [3.63, 3.8) is 0 Å². The summed E-state index contributed by atoms with van der Waals surface area (Å²) in [6, 6.07) is 3.49. The summed E-state index contributed by atoms with van der Waals surface area (Å²) < 4.78 is 0. The number of carboxylic acid groups (broad SMARTS) is 1. The van der Waals surface area contributed by atoms with Crippen molar-refractivity contribution in [3.05, 3.63) is 24.0 Å². The van der Waals surface area contributed by atoms with Crippen LogP contribution < -0.4 is 0 Å². The Morgan fingerprint density at radius 2 is 2.38 bits per heavy atom. The number of nitrogens with zero attached hydrogens (tertiary/aromatic N) is 1. The van der Waals surface area contributed by atoms with Crippen LogP contribution in [0.5, 0.6) is 0 Å². The number of hydrogen-bond donors (Lipinski definition) is 1. The van der Waals surface area contributed by atoms with Crippen molar-refractivity contribution in [2.75, 3.05) is 5.75 Å². The van der Waals surface area contributed by atoms with Gasteiger partial charge in [0.05, 0.1) is 0 Å². The zero-order valence-electron chi connectivity index (χ0n) is 9.64. The molecule has 0 aliphatic carbocycles. The lowest BCUT2D eigenvalue weighted by Gasteiger charge is -2.09. The van der Waals surface area contributed by atoms with Gasteiger partial charge in [0.2, 0.25) is 0 Å². The van der Waals surface area contributed by atoms with E-state index in [9.17, 15) is 4.79 Å². The Kier molecular flexibility index (Phi) is 5.32. The Morgan fingerprint density at radius 3 is 3.00 bits per heavy atom. The highest BCUT2D eigenvalue weighted by Gasteiger charge is 2.06. The molecule has 1 atom stereocenters. The van der Waals surface area contributed by atoms with E-state index in [0.29, 0.717) is 5.92 Å². The van der Waals surface area contributed by atoms with Crippen molar-refractivity contribution in [2.45, 2.75) is 31.6 Å². The van der Waals surface area contributed by atoms with E-state index in [1.54, 1.807) is 24.0 Å². The van der Waals surface area contributed by atoms with Crippen LogP contribution in [0.25, 0.3) is 0 Å². The van der Waals surface area contributed by atoms with E-state index in [1.165, 1.54) is 12.8 Å². The number of rotatable bonds is 6. The minimum atomic E-state index is -0.968. The van der Waals surface area contributed by atoms with Crippen molar-refractivity contribution in [2.24, 2.45) is 5.92 Å². The summed E-state index contributed by atoms with van der Waals surface area (Å²) in [6.07, 6.45) is 3.96. The summed E-state index contributed by atoms with van der Waals surface area (Å²) in [5.41, 5.74) is 0.119. The molecule has 1 aromatic rings. The molecule has 1 N–H and O–H groups in total. The highest BCUT2D eigenvalue weighted by molar-refractivity contribution is 7.99. The van der Waals surface area contributed by atoms with Crippen LogP contribution >= 0.6 is 11.8 Å². The minimum absolute atomic E-state index is 0.119. The van der Waals surface area contributed by atoms with Crippen LogP contribution in [0.3, 0.4) is 0 Å². The normalized spacial score (nSPS) is 12.4. The first-order chi connectivity index (χ1) is 7.63. The molecule has 0 saturated heterocycles. The minimum Gasteiger partial charge on any atom is -0.477 e. The average molecular weight is 239 g/mol. The van der Waals surface area contributed by atoms with Crippen LogP contribution in [0, 0.1) is 5.92 Å². The van der Waals surface area contributed by atoms with E-state index < -0.39 is 5.97 Å². The zero-order valence-corrected chi connectivity index (χ0v) is 10.5. The first-order valence-corrected chi connectivity index (χ1v) is 6.44. The molecular formula is C12H17NO2S. The Morgan fingerprint density at radius 1 is 1.62 bits per heavy atom. The number of thioether (sulfide) groups is 1. The molecule has 0 saturated carbocycles. The third-order valence-electron chi connectivity index (χ3n) is 2.27. The van der Waals surface area contributed by atoms with E-state index in [1.807, 2.05) is 6.07 Å². The van der Waals surface area contributed by atoms with Gasteiger partial charge in [-0.2, -0.15) is 0 Å². The molecule has 1 rings (SSSR count). The van der Waals surface area contributed by atoms with Gasteiger partial charge >= 0.3 is 5.97 Å². The summed E-state index contributed by atoms with van der Waals surface area (Å²) in [5.74, 6) is 0.720. The Bertz CT molecular complexity index is 355. The number of aromatic carboxylic acids is 1. The van der Waals surface area contributed by atoms with Crippen LogP contribution in [-0.2, 0) is 0 Å². The summed E-state index contributed by atoms with van der Waals surface area (Å²) in [5, 5.41) is 8.80. The fourth-order valence-corrected chi connectivity index (χ4v) is 2.43. The predicted molar refractivity (Wildman–Crippen MR) is 66.0 cm³/mol. The summed E-state index contributed by atoms with van der Waals surface area (Å²) >= 11 is 1.70. The van der Waals surface area contributed by atoms with Gasteiger partial charge in [-0.15, -0.1) is 11.8 Å². The van der Waals surface area contributed by atoms with Crippen LogP contribution in [0.4, 0.5) is 0 Å². The van der Waals surface area contributed by atoms with Crippen LogP contribution in [0.15, 0.2) is 23.2 Å². The van der Waals surface area contributed by atoms with Gasteiger partial charge in [-0.1, -0.05) is 26.7 Å². The summed E-state index contributed by atoms with van der Waals surface area (Å²) in [4.78, 5) is 15.5. The van der Waals surface area contributed by atoms with Gasteiger partial charge in [0, 0.05) is 16.8 Å². The molecule has 1 unspecified atom stereocenters. The highest BCUT2D eigenvalue weighted by Crippen LogP contribution is 2.22. The molecule has 0 radical (unpaired) electrons. The molecule has 0 bridgehead atoms. The monoisotopic (exact) mass is 239 g/mol. The molecule has 0 aromatic carbocycles. The molecule has 88 valence electrons. The van der Waals surface area contributed by atoms with Crippen LogP contribution in [0.2, 0.25) is 0 Å². The number of hydrogen-bond acceptors (Lipinski definition) is 3. The quantitative estimate of drug-likeness (QED) is 0.774. The Hall–Kier alpha value is -1.03. The predicted octanol–water partition coefficient (Wildman–Crippen LogP) is 3.31. The maximum atomic E-state index is 10.7. The third kappa shape index (κ3) is 4.23. The number of pyridine rings is 1. The smallest absolute Gasteiger partial charge is 0.354 e.